The van der Waals surface area contributed by atoms with E-state index in [1.807, 2.05) is 32.0 Å². The molecule has 1 N–H and O–H groups in total. The van der Waals surface area contributed by atoms with Crippen molar-refractivity contribution in [3.05, 3.63) is 58.6 Å². The maximum Gasteiger partial charge on any atom is 0.247 e. The largest absolute Gasteiger partial charge is 0.324 e. The van der Waals surface area contributed by atoms with Crippen LogP contribution in [0.4, 0.5) is 11.4 Å². The molecule has 1 amide bonds. The van der Waals surface area contributed by atoms with Gasteiger partial charge in [0, 0.05) is 10.7 Å². The minimum atomic E-state index is -3.65. The van der Waals surface area contributed by atoms with Gasteiger partial charge in [0.15, 0.2) is 0 Å². The van der Waals surface area contributed by atoms with Gasteiger partial charge >= 0.3 is 0 Å². The van der Waals surface area contributed by atoms with Gasteiger partial charge in [-0.15, -0.1) is 0 Å². The lowest BCUT2D eigenvalue weighted by molar-refractivity contribution is -0.116. The molecule has 0 spiro atoms. The molecule has 2 rings (SSSR count). The number of anilines is 2. The number of nitrogens with zero attached hydrogens (tertiary/aromatic N) is 1. The summed E-state index contributed by atoms with van der Waals surface area (Å²) in [7, 11) is -3.65. The van der Waals surface area contributed by atoms with Crippen molar-refractivity contribution < 1.29 is 13.2 Å². The third-order valence-corrected chi connectivity index (χ3v) is 5.15. The number of carbonyl (C=O) groups excluding carboxylic acids is 1. The summed E-state index contributed by atoms with van der Waals surface area (Å²) in [5, 5.41) is 3.28. The summed E-state index contributed by atoms with van der Waals surface area (Å²) < 4.78 is 25.6. The first-order valence-electron chi connectivity index (χ1n) is 7.72. The van der Waals surface area contributed by atoms with Crippen LogP contribution in [0, 0.1) is 13.8 Å². The fourth-order valence-electron chi connectivity index (χ4n) is 2.69. The standard InChI is InChI=1S/C18H21ClN2O3S/c1-12-9-13(2)11-16(10-12)20-18(22)14(3)21(25(4,23)24)17-7-5-15(19)6-8-17/h5-11,14H,1-4H3,(H,20,22)/t14-/m1/s1. The molecule has 0 aliphatic carbocycles. The summed E-state index contributed by atoms with van der Waals surface area (Å²) in [6, 6.07) is 11.1. The van der Waals surface area contributed by atoms with E-state index in [1.54, 1.807) is 31.2 Å². The Kier molecular flexibility index (Phi) is 5.75. The van der Waals surface area contributed by atoms with Crippen molar-refractivity contribution in [2.45, 2.75) is 26.8 Å². The summed E-state index contributed by atoms with van der Waals surface area (Å²) in [4.78, 5) is 12.6. The van der Waals surface area contributed by atoms with Gasteiger partial charge in [0.05, 0.1) is 11.9 Å². The van der Waals surface area contributed by atoms with Gasteiger partial charge in [-0.2, -0.15) is 0 Å². The Morgan fingerprint density at radius 3 is 2.08 bits per heavy atom. The molecular weight excluding hydrogens is 360 g/mol. The minimum absolute atomic E-state index is 0.384. The Morgan fingerprint density at radius 2 is 1.60 bits per heavy atom. The minimum Gasteiger partial charge on any atom is -0.324 e. The molecule has 0 bridgehead atoms. The van der Waals surface area contributed by atoms with Gasteiger partial charge < -0.3 is 5.32 Å². The molecule has 0 fully saturated rings. The molecule has 2 aromatic carbocycles. The number of benzene rings is 2. The molecule has 2 aromatic rings. The average molecular weight is 381 g/mol. The summed E-state index contributed by atoms with van der Waals surface area (Å²) in [5.74, 6) is -0.412. The summed E-state index contributed by atoms with van der Waals surface area (Å²) in [6.07, 6.45) is 1.07. The zero-order valence-corrected chi connectivity index (χ0v) is 16.1. The van der Waals surface area contributed by atoms with Gasteiger partial charge in [-0.25, -0.2) is 8.42 Å². The number of hydrogen-bond donors (Lipinski definition) is 1. The van der Waals surface area contributed by atoms with Crippen molar-refractivity contribution in [3.8, 4) is 0 Å². The number of sulfonamides is 1. The Morgan fingerprint density at radius 1 is 1.08 bits per heavy atom. The van der Waals surface area contributed by atoms with E-state index in [2.05, 4.69) is 5.32 Å². The van der Waals surface area contributed by atoms with Crippen molar-refractivity contribution in [2.75, 3.05) is 15.9 Å². The second kappa shape index (κ2) is 7.45. The highest BCUT2D eigenvalue weighted by molar-refractivity contribution is 7.92. The molecule has 1 atom stereocenters. The van der Waals surface area contributed by atoms with Crippen molar-refractivity contribution in [2.24, 2.45) is 0 Å². The SMILES string of the molecule is Cc1cc(C)cc(NC(=O)[C@@H](C)N(c2ccc(Cl)cc2)S(C)(=O)=O)c1. The number of carbonyl (C=O) groups is 1. The number of nitrogens with one attached hydrogen (secondary N) is 1. The van der Waals surface area contributed by atoms with E-state index in [9.17, 15) is 13.2 Å². The van der Waals surface area contributed by atoms with E-state index in [0.717, 1.165) is 21.7 Å². The molecule has 25 heavy (non-hydrogen) atoms. The Labute approximate surface area is 153 Å². The number of aryl methyl sites for hydroxylation is 2. The number of hydrogen-bond acceptors (Lipinski definition) is 3. The molecule has 0 saturated carbocycles. The number of halogens is 1. The second-order valence-corrected chi connectivity index (χ2v) is 8.37. The predicted octanol–water partition coefficient (Wildman–Crippen LogP) is 3.75. The predicted molar refractivity (Wildman–Crippen MR) is 103 cm³/mol. The normalized spacial score (nSPS) is 12.5. The lowest BCUT2D eigenvalue weighted by Gasteiger charge is -2.28. The molecule has 0 aromatic heterocycles. The van der Waals surface area contributed by atoms with Gasteiger partial charge in [0.1, 0.15) is 6.04 Å². The van der Waals surface area contributed by atoms with E-state index < -0.39 is 22.0 Å². The lowest BCUT2D eigenvalue weighted by atomic mass is 10.1. The number of amides is 1. The third-order valence-electron chi connectivity index (χ3n) is 3.66. The maximum atomic E-state index is 12.6. The van der Waals surface area contributed by atoms with Crippen molar-refractivity contribution >= 4 is 38.9 Å². The van der Waals surface area contributed by atoms with Crippen LogP contribution in [0.1, 0.15) is 18.1 Å². The molecule has 7 heteroatoms. The van der Waals surface area contributed by atoms with Crippen LogP contribution in [0.15, 0.2) is 42.5 Å². The van der Waals surface area contributed by atoms with Gasteiger partial charge in [-0.1, -0.05) is 17.7 Å². The zero-order chi connectivity index (χ0) is 18.8. The number of rotatable bonds is 5. The molecular formula is C18H21ClN2O3S. The third kappa shape index (κ3) is 4.96. The first-order valence-corrected chi connectivity index (χ1v) is 9.94. The fraction of sp³-hybridized carbons (Fsp3) is 0.278. The van der Waals surface area contributed by atoms with Crippen LogP contribution in [-0.4, -0.2) is 26.6 Å². The van der Waals surface area contributed by atoms with Crippen LogP contribution in [0.25, 0.3) is 0 Å². The van der Waals surface area contributed by atoms with Gasteiger partial charge in [0.2, 0.25) is 15.9 Å². The summed E-state index contributed by atoms with van der Waals surface area (Å²) >= 11 is 5.86. The fourth-order valence-corrected chi connectivity index (χ4v) is 3.99. The molecule has 0 unspecified atom stereocenters. The molecule has 134 valence electrons. The van der Waals surface area contributed by atoms with Crippen LogP contribution in [0.2, 0.25) is 5.02 Å². The highest BCUT2D eigenvalue weighted by atomic mass is 35.5. The molecule has 0 radical (unpaired) electrons. The van der Waals surface area contributed by atoms with Crippen LogP contribution >= 0.6 is 11.6 Å². The molecule has 0 aliphatic rings. The first-order chi connectivity index (χ1) is 11.6. The smallest absolute Gasteiger partial charge is 0.247 e. The first kappa shape index (κ1) is 19.3. The van der Waals surface area contributed by atoms with E-state index in [1.165, 1.54) is 0 Å². The summed E-state index contributed by atoms with van der Waals surface area (Å²) in [6.45, 7) is 5.42. The van der Waals surface area contributed by atoms with E-state index in [4.69, 9.17) is 11.6 Å². The van der Waals surface area contributed by atoms with Crippen molar-refractivity contribution in [1.29, 1.82) is 0 Å². The summed E-state index contributed by atoms with van der Waals surface area (Å²) in [5.41, 5.74) is 3.05. The average Bonchev–Trinajstić information content (AvgIpc) is 2.47. The van der Waals surface area contributed by atoms with Crippen LogP contribution in [0.5, 0.6) is 0 Å². The van der Waals surface area contributed by atoms with E-state index in [-0.39, 0.29) is 0 Å². The Hall–Kier alpha value is -2.05. The molecule has 0 saturated heterocycles. The maximum absolute atomic E-state index is 12.6. The van der Waals surface area contributed by atoms with Gasteiger partial charge in [-0.05, 0) is 68.3 Å². The monoisotopic (exact) mass is 380 g/mol. The Bertz CT molecular complexity index is 859. The lowest BCUT2D eigenvalue weighted by Crippen LogP contribution is -2.45. The van der Waals surface area contributed by atoms with E-state index >= 15 is 0 Å². The van der Waals surface area contributed by atoms with Crippen molar-refractivity contribution in [3.63, 3.8) is 0 Å². The second-order valence-electron chi connectivity index (χ2n) is 6.08. The van der Waals surface area contributed by atoms with Crippen LogP contribution in [0.3, 0.4) is 0 Å². The van der Waals surface area contributed by atoms with Gasteiger partial charge in [0.25, 0.3) is 0 Å². The Balaban J connectivity index is 2.31. The highest BCUT2D eigenvalue weighted by Gasteiger charge is 2.29. The highest BCUT2D eigenvalue weighted by Crippen LogP contribution is 2.24. The van der Waals surface area contributed by atoms with E-state index in [0.29, 0.717) is 16.4 Å². The van der Waals surface area contributed by atoms with Crippen LogP contribution in [-0.2, 0) is 14.8 Å². The topological polar surface area (TPSA) is 66.5 Å². The van der Waals surface area contributed by atoms with Crippen LogP contribution < -0.4 is 9.62 Å². The zero-order valence-electron chi connectivity index (χ0n) is 14.6. The van der Waals surface area contributed by atoms with Gasteiger partial charge in [-0.3, -0.25) is 9.10 Å². The molecule has 0 aliphatic heterocycles. The quantitative estimate of drug-likeness (QED) is 0.858. The van der Waals surface area contributed by atoms with Crippen molar-refractivity contribution in [1.82, 2.24) is 0 Å². The molecule has 0 heterocycles. The molecule has 5 nitrogen and oxygen atoms in total.